The number of nitrogens with zero attached hydrogens (tertiary/aromatic N) is 5. The van der Waals surface area contributed by atoms with Crippen molar-refractivity contribution in [3.05, 3.63) is 135 Å². The van der Waals surface area contributed by atoms with Gasteiger partial charge in [-0.05, 0) is 71.6 Å². The molecule has 71 heavy (non-hydrogen) atoms. The zero-order valence-corrected chi connectivity index (χ0v) is 40.6. The number of phenols is 1. The maximum Gasteiger partial charge on any atom is 0.294 e. The van der Waals surface area contributed by atoms with Crippen molar-refractivity contribution in [2.45, 2.75) is 36.7 Å². The number of nitrogens with one attached hydrogen (secondary N) is 1. The molecule has 0 saturated heterocycles. The van der Waals surface area contributed by atoms with E-state index in [4.69, 9.17) is 25.8 Å². The van der Waals surface area contributed by atoms with Crippen LogP contribution in [0.3, 0.4) is 0 Å². The summed E-state index contributed by atoms with van der Waals surface area (Å²) in [6.45, 7) is 1.91. The molecule has 366 valence electrons. The van der Waals surface area contributed by atoms with Crippen LogP contribution in [0.4, 0.5) is 17.1 Å². The lowest BCUT2D eigenvalue weighted by molar-refractivity contribution is 0.0625. The summed E-state index contributed by atoms with van der Waals surface area (Å²) in [7, 11) is -5.61. The molecule has 0 fully saturated rings. The third kappa shape index (κ3) is 8.80. The Kier molecular flexibility index (Phi) is 13.4. The molecule has 0 spiro atoms. The average Bonchev–Trinajstić information content (AvgIpc) is 3.73. The molecule has 6 aromatic rings. The number of anilines is 1. The average molecular weight is 1030 g/mol. The molecular formula is C48H41ClN6O14S2. The summed E-state index contributed by atoms with van der Waals surface area (Å²) in [5, 5.41) is 23.1. The summed E-state index contributed by atoms with van der Waals surface area (Å²) < 4.78 is 83.1. The highest BCUT2D eigenvalue weighted by atomic mass is 35.5. The number of amides is 5. The highest BCUT2D eigenvalue weighted by molar-refractivity contribution is 7.89. The second kappa shape index (κ2) is 19.2. The number of imide groups is 2. The van der Waals surface area contributed by atoms with Gasteiger partial charge in [-0.25, -0.2) is 8.42 Å². The van der Waals surface area contributed by atoms with Crippen LogP contribution in [-0.2, 0) is 33.2 Å². The van der Waals surface area contributed by atoms with Gasteiger partial charge in [0.15, 0.2) is 5.75 Å². The molecule has 2 heterocycles. The number of aromatic hydroxyl groups is 1. The van der Waals surface area contributed by atoms with Gasteiger partial charge in [0.25, 0.3) is 39.7 Å². The van der Waals surface area contributed by atoms with Crippen molar-refractivity contribution in [1.82, 2.24) is 14.1 Å². The van der Waals surface area contributed by atoms with Crippen LogP contribution in [0.25, 0.3) is 10.8 Å². The van der Waals surface area contributed by atoms with E-state index in [-0.39, 0.29) is 90.2 Å². The molecule has 0 aromatic heterocycles. The van der Waals surface area contributed by atoms with E-state index in [0.717, 1.165) is 23.1 Å². The van der Waals surface area contributed by atoms with Gasteiger partial charge in [-0.15, -0.1) is 10.2 Å². The maximum absolute atomic E-state index is 14.6. The smallest absolute Gasteiger partial charge is 0.294 e. The molecule has 0 unspecified atom stereocenters. The second-order valence-corrected chi connectivity index (χ2v) is 19.5. The number of benzene rings is 6. The summed E-state index contributed by atoms with van der Waals surface area (Å²) in [5.74, 6) is -5.15. The third-order valence-corrected chi connectivity index (χ3v) is 15.2. The minimum Gasteiger partial charge on any atom is -0.505 e. The van der Waals surface area contributed by atoms with Crippen molar-refractivity contribution in [1.29, 1.82) is 0 Å². The summed E-state index contributed by atoms with van der Waals surface area (Å²) in [4.78, 5) is 70.6. The fourth-order valence-corrected chi connectivity index (χ4v) is 10.9. The molecule has 2 aliphatic rings. The Hall–Kier alpha value is -7.76. The Morgan fingerprint density at radius 2 is 1.24 bits per heavy atom. The predicted molar refractivity (Wildman–Crippen MR) is 257 cm³/mol. The quantitative estimate of drug-likeness (QED) is 0.0475. The number of rotatable bonds is 16. The minimum absolute atomic E-state index is 0.0142. The van der Waals surface area contributed by atoms with Gasteiger partial charge in [-0.3, -0.25) is 38.3 Å². The van der Waals surface area contributed by atoms with Crippen LogP contribution in [0.2, 0.25) is 5.02 Å². The Morgan fingerprint density at radius 3 is 1.75 bits per heavy atom. The van der Waals surface area contributed by atoms with E-state index in [1.165, 1.54) is 98.4 Å². The van der Waals surface area contributed by atoms with Gasteiger partial charge in [-0.2, -0.15) is 12.7 Å². The number of methoxy groups -OCH3 is 3. The van der Waals surface area contributed by atoms with Crippen LogP contribution in [0.15, 0.2) is 111 Å². The molecule has 0 aliphatic carbocycles. The van der Waals surface area contributed by atoms with Gasteiger partial charge >= 0.3 is 0 Å². The number of fused-ring (bicyclic) bond motifs is 3. The zero-order chi connectivity index (χ0) is 51.3. The van der Waals surface area contributed by atoms with E-state index in [1.54, 1.807) is 13.8 Å². The standard InChI is InChI=1S/C48H41ClN6O14S2/c1-6-53(7-2)70(62,63)26-16-17-37(67-3)36(19-26)51-52-42-41-25(23-54-45(58)27-12-8-9-13-28(27)46(54)59)18-40(71(64,65)66)33(24-55-47(60)29-14-10-11-15-30(29)48(55)61)31(41)20-32(43(42)56)44(57)50-35-21-34(49)38(68-4)22-39(35)69-5/h8-22,56H,6-7,23-24H2,1-5H3,(H,50,57)(H,64,65,66). The molecule has 2 aliphatic heterocycles. The maximum atomic E-state index is 14.6. The molecule has 0 atom stereocenters. The van der Waals surface area contributed by atoms with E-state index in [0.29, 0.717) is 4.90 Å². The number of carbonyl (C=O) groups excluding carboxylic acids is 5. The predicted octanol–water partition coefficient (Wildman–Crippen LogP) is 7.76. The number of hydrogen-bond donors (Lipinski definition) is 3. The van der Waals surface area contributed by atoms with Crippen molar-refractivity contribution < 1.29 is 64.7 Å². The van der Waals surface area contributed by atoms with Crippen molar-refractivity contribution in [2.24, 2.45) is 10.2 Å². The third-order valence-electron chi connectivity index (χ3n) is 11.9. The van der Waals surface area contributed by atoms with E-state index < -0.39 is 90.2 Å². The van der Waals surface area contributed by atoms with Crippen LogP contribution in [0.5, 0.6) is 23.0 Å². The SMILES string of the molecule is CCN(CC)S(=O)(=O)c1ccc(OC)c(N=Nc2c(O)c(C(=O)Nc3cc(Cl)c(OC)cc3OC)cc3c(CN4C(=O)c5ccccc5C4=O)c(S(=O)(=O)O)cc(CN4C(=O)c5ccccc5C4=O)c23)c1. The van der Waals surface area contributed by atoms with Crippen LogP contribution < -0.4 is 19.5 Å². The van der Waals surface area contributed by atoms with Gasteiger partial charge < -0.3 is 24.6 Å². The number of carbonyl (C=O) groups is 5. The fraction of sp³-hybridized carbons (Fsp3) is 0.188. The Bertz CT molecular complexity index is 3480. The number of halogens is 1. The Balaban J connectivity index is 1.44. The molecule has 6 aromatic carbocycles. The highest BCUT2D eigenvalue weighted by Crippen LogP contribution is 2.47. The first kappa shape index (κ1) is 49.7. The Morgan fingerprint density at radius 1 is 0.704 bits per heavy atom. The van der Waals surface area contributed by atoms with Gasteiger partial charge in [0.1, 0.15) is 28.6 Å². The molecule has 0 radical (unpaired) electrons. The topological polar surface area (TPSA) is 268 Å². The van der Waals surface area contributed by atoms with Crippen molar-refractivity contribution >= 4 is 89.1 Å². The number of azo groups is 1. The van der Waals surface area contributed by atoms with Gasteiger partial charge in [0, 0.05) is 30.1 Å². The lowest BCUT2D eigenvalue weighted by Gasteiger charge is -2.23. The van der Waals surface area contributed by atoms with E-state index in [1.807, 2.05) is 0 Å². The van der Waals surface area contributed by atoms with Crippen LogP contribution in [0.1, 0.15) is 76.8 Å². The van der Waals surface area contributed by atoms with Gasteiger partial charge in [-0.1, -0.05) is 49.7 Å². The molecular weight excluding hydrogens is 984 g/mol. The molecule has 5 amide bonds. The number of phenolic OH excluding ortho intramolecular Hbond substituents is 1. The van der Waals surface area contributed by atoms with E-state index >= 15 is 0 Å². The first-order valence-corrected chi connectivity index (χ1v) is 24.6. The largest absolute Gasteiger partial charge is 0.505 e. The molecule has 8 rings (SSSR count). The Labute approximate surface area is 410 Å². The number of sulfonamides is 1. The summed E-state index contributed by atoms with van der Waals surface area (Å²) in [5.41, 5.74) is -2.33. The van der Waals surface area contributed by atoms with Gasteiger partial charge in [0.05, 0.1) is 82.7 Å². The molecule has 23 heteroatoms. The van der Waals surface area contributed by atoms with E-state index in [9.17, 15) is 50.5 Å². The van der Waals surface area contributed by atoms with Gasteiger partial charge in [0.2, 0.25) is 10.0 Å². The lowest BCUT2D eigenvalue weighted by Crippen LogP contribution is -2.31. The molecule has 0 saturated carbocycles. The molecule has 3 N–H and O–H groups in total. The lowest BCUT2D eigenvalue weighted by atomic mass is 9.93. The highest BCUT2D eigenvalue weighted by Gasteiger charge is 2.40. The summed E-state index contributed by atoms with van der Waals surface area (Å²) in [6.07, 6.45) is 0. The second-order valence-electron chi connectivity index (χ2n) is 15.8. The first-order chi connectivity index (χ1) is 33.8. The summed E-state index contributed by atoms with van der Waals surface area (Å²) >= 11 is 6.42. The van der Waals surface area contributed by atoms with Crippen molar-refractivity contribution in [3.63, 3.8) is 0 Å². The first-order valence-electron chi connectivity index (χ1n) is 21.3. The number of hydrogen-bond acceptors (Lipinski definition) is 15. The van der Waals surface area contributed by atoms with Crippen LogP contribution >= 0.6 is 11.6 Å². The van der Waals surface area contributed by atoms with Crippen LogP contribution in [-0.4, -0.2) is 105 Å². The number of ether oxygens (including phenoxy) is 3. The minimum atomic E-state index is -5.40. The van der Waals surface area contributed by atoms with Crippen LogP contribution in [0, 0.1) is 0 Å². The fourth-order valence-electron chi connectivity index (χ4n) is 8.43. The summed E-state index contributed by atoms with van der Waals surface area (Å²) in [6, 6.07) is 20.0. The monoisotopic (exact) mass is 1020 g/mol. The molecule has 20 nitrogen and oxygen atoms in total. The van der Waals surface area contributed by atoms with Crippen molar-refractivity contribution in [2.75, 3.05) is 39.7 Å². The van der Waals surface area contributed by atoms with E-state index in [2.05, 4.69) is 15.5 Å². The van der Waals surface area contributed by atoms with Crippen molar-refractivity contribution in [3.8, 4) is 23.0 Å². The zero-order valence-electron chi connectivity index (χ0n) is 38.2. The molecule has 0 bridgehead atoms. The normalized spacial score (nSPS) is 13.7.